The third kappa shape index (κ3) is 4.84. The van der Waals surface area contributed by atoms with Gasteiger partial charge < -0.3 is 14.7 Å². The Morgan fingerprint density at radius 3 is 2.38 bits per heavy atom. The number of aliphatic hydroxyl groups excluding tert-OH is 1. The normalized spacial score (nSPS) is 28.5. The molecule has 10 heteroatoms. The summed E-state index contributed by atoms with van der Waals surface area (Å²) < 4.78 is 32.8. The average molecular weight is 474 g/mol. The molecule has 0 radical (unpaired) electrons. The quantitative estimate of drug-likeness (QED) is 0.636. The number of imide groups is 1. The first-order chi connectivity index (χ1) is 14.9. The van der Waals surface area contributed by atoms with E-state index in [1.807, 2.05) is 0 Å². The molecule has 3 fully saturated rings. The number of nitrogens with zero attached hydrogens (tertiary/aromatic N) is 3. The lowest BCUT2D eigenvalue weighted by Gasteiger charge is -2.36. The van der Waals surface area contributed by atoms with E-state index in [1.165, 1.54) is 17.0 Å². The zero-order valence-corrected chi connectivity index (χ0v) is 18.9. The van der Waals surface area contributed by atoms with Crippen molar-refractivity contribution in [1.82, 2.24) is 9.80 Å². The van der Waals surface area contributed by atoms with E-state index in [0.29, 0.717) is 18.7 Å². The number of likely N-dealkylation sites (tertiary alicyclic amines) is 1. The summed E-state index contributed by atoms with van der Waals surface area (Å²) in [6, 6.07) is 4.49. The first-order valence-electron chi connectivity index (χ1n) is 10.9. The summed E-state index contributed by atoms with van der Waals surface area (Å²) in [4.78, 5) is 30.7. The number of hydrogen-bond donors (Lipinski definition) is 1. The number of piperazine rings is 1. The van der Waals surface area contributed by atoms with Gasteiger partial charge in [-0.1, -0.05) is 0 Å². The minimum absolute atomic E-state index is 0. The summed E-state index contributed by atoms with van der Waals surface area (Å²) in [6.45, 7) is 4.05. The summed E-state index contributed by atoms with van der Waals surface area (Å²) in [7, 11) is 1.57. The van der Waals surface area contributed by atoms with Crippen LogP contribution in [-0.2, 0) is 9.59 Å². The molecule has 1 N–H and O–H groups in total. The minimum Gasteiger partial charge on any atom is -0.495 e. The highest BCUT2D eigenvalue weighted by Crippen LogP contribution is 2.39. The molecule has 7 nitrogen and oxygen atoms in total. The molecule has 1 aromatic carbocycles. The standard InChI is InChI=1S/C22H29F2N3O4.ClH/c1-31-20-4-3-14(23)11-18(20)26-9-7-25(8-10-26)5-2-6-27-21(29)15-12-17(24)19(28)13-16(15)22(27)30;/h3-4,11,15-17,19,28H,2,5-10,12-13H2,1H3;1H. The van der Waals surface area contributed by atoms with Gasteiger partial charge in [0.15, 0.2) is 0 Å². The van der Waals surface area contributed by atoms with Gasteiger partial charge in [-0.2, -0.15) is 0 Å². The molecule has 2 heterocycles. The summed E-state index contributed by atoms with van der Waals surface area (Å²) in [5, 5.41) is 9.72. The molecule has 0 spiro atoms. The number of hydrogen-bond acceptors (Lipinski definition) is 6. The zero-order chi connectivity index (χ0) is 22.1. The minimum atomic E-state index is -1.44. The summed E-state index contributed by atoms with van der Waals surface area (Å²) in [5.74, 6) is -1.44. The highest BCUT2D eigenvalue weighted by Gasteiger charge is 2.52. The van der Waals surface area contributed by atoms with Gasteiger partial charge in [0.25, 0.3) is 0 Å². The van der Waals surface area contributed by atoms with Crippen molar-refractivity contribution in [3.05, 3.63) is 24.0 Å². The van der Waals surface area contributed by atoms with Gasteiger partial charge in [0, 0.05) is 38.8 Å². The van der Waals surface area contributed by atoms with Crippen LogP contribution in [0.1, 0.15) is 19.3 Å². The molecule has 4 unspecified atom stereocenters. The molecule has 2 saturated heterocycles. The lowest BCUT2D eigenvalue weighted by molar-refractivity contribution is -0.140. The molecule has 1 aliphatic carbocycles. The molecular weight excluding hydrogens is 444 g/mol. The Balaban J connectivity index is 0.00000289. The fourth-order valence-electron chi connectivity index (χ4n) is 4.99. The van der Waals surface area contributed by atoms with Gasteiger partial charge in [0.1, 0.15) is 17.7 Å². The van der Waals surface area contributed by atoms with Crippen molar-refractivity contribution in [2.75, 3.05) is 51.3 Å². The Labute approximate surface area is 192 Å². The Bertz CT molecular complexity index is 809. The second-order valence-electron chi connectivity index (χ2n) is 8.59. The van der Waals surface area contributed by atoms with Gasteiger partial charge >= 0.3 is 0 Å². The van der Waals surface area contributed by atoms with E-state index >= 15 is 0 Å². The number of benzene rings is 1. The monoisotopic (exact) mass is 473 g/mol. The Hall–Kier alpha value is -1.97. The largest absolute Gasteiger partial charge is 0.495 e. The molecule has 1 aromatic rings. The zero-order valence-electron chi connectivity index (χ0n) is 18.1. The van der Waals surface area contributed by atoms with Gasteiger partial charge in [0.05, 0.1) is 30.7 Å². The van der Waals surface area contributed by atoms with Crippen LogP contribution in [0.3, 0.4) is 0 Å². The van der Waals surface area contributed by atoms with Crippen LogP contribution >= 0.6 is 12.4 Å². The number of carbonyl (C=O) groups is 2. The number of aliphatic hydroxyl groups is 1. The number of alkyl halides is 1. The Kier molecular flexibility index (Phi) is 7.95. The smallest absolute Gasteiger partial charge is 0.233 e. The van der Waals surface area contributed by atoms with E-state index < -0.39 is 24.1 Å². The number of methoxy groups -OCH3 is 1. The second-order valence-corrected chi connectivity index (χ2v) is 8.59. The highest BCUT2D eigenvalue weighted by molar-refractivity contribution is 6.05. The SMILES string of the molecule is COc1ccc(F)cc1N1CCN(CCCN2C(=O)C3CC(O)C(F)CC3C2=O)CC1.Cl. The van der Waals surface area contributed by atoms with Crippen LogP contribution in [0.5, 0.6) is 5.75 Å². The molecule has 178 valence electrons. The predicted molar refractivity (Wildman–Crippen MR) is 117 cm³/mol. The first-order valence-corrected chi connectivity index (χ1v) is 10.9. The van der Waals surface area contributed by atoms with Crippen molar-refractivity contribution in [2.45, 2.75) is 31.5 Å². The lowest BCUT2D eigenvalue weighted by atomic mass is 9.78. The number of carbonyl (C=O) groups excluding carboxylic acids is 2. The molecule has 4 atom stereocenters. The maximum Gasteiger partial charge on any atom is 0.233 e. The summed E-state index contributed by atoms with van der Waals surface area (Å²) >= 11 is 0. The third-order valence-corrected chi connectivity index (χ3v) is 6.75. The molecule has 4 rings (SSSR count). The van der Waals surface area contributed by atoms with Crippen molar-refractivity contribution in [3.63, 3.8) is 0 Å². The number of anilines is 1. The lowest BCUT2D eigenvalue weighted by Crippen LogP contribution is -2.47. The molecule has 0 aromatic heterocycles. The molecule has 0 bridgehead atoms. The van der Waals surface area contributed by atoms with Crippen LogP contribution in [0.2, 0.25) is 0 Å². The van der Waals surface area contributed by atoms with Gasteiger partial charge in [0.2, 0.25) is 11.8 Å². The average Bonchev–Trinajstić information content (AvgIpc) is 2.99. The van der Waals surface area contributed by atoms with Crippen LogP contribution in [0.25, 0.3) is 0 Å². The van der Waals surface area contributed by atoms with E-state index in [4.69, 9.17) is 4.74 Å². The fourth-order valence-corrected chi connectivity index (χ4v) is 4.99. The Morgan fingerprint density at radius 1 is 1.06 bits per heavy atom. The number of halogens is 3. The van der Waals surface area contributed by atoms with Gasteiger partial charge in [-0.25, -0.2) is 8.78 Å². The van der Waals surface area contributed by atoms with E-state index in [9.17, 15) is 23.5 Å². The van der Waals surface area contributed by atoms with Crippen LogP contribution < -0.4 is 9.64 Å². The van der Waals surface area contributed by atoms with Crippen LogP contribution in [0.15, 0.2) is 18.2 Å². The van der Waals surface area contributed by atoms with Crippen molar-refractivity contribution in [1.29, 1.82) is 0 Å². The Morgan fingerprint density at radius 2 is 1.72 bits per heavy atom. The van der Waals surface area contributed by atoms with Gasteiger partial charge in [-0.05, 0) is 37.9 Å². The van der Waals surface area contributed by atoms with Crippen molar-refractivity contribution in [3.8, 4) is 5.75 Å². The third-order valence-electron chi connectivity index (χ3n) is 6.75. The van der Waals surface area contributed by atoms with Crippen molar-refractivity contribution in [2.24, 2.45) is 11.8 Å². The molecule has 2 aliphatic heterocycles. The van der Waals surface area contributed by atoms with Crippen molar-refractivity contribution < 1.29 is 28.2 Å². The molecule has 1 saturated carbocycles. The summed E-state index contributed by atoms with van der Waals surface area (Å²) in [5.41, 5.74) is 0.742. The van der Waals surface area contributed by atoms with E-state index in [0.717, 1.165) is 38.4 Å². The number of amides is 2. The number of fused-ring (bicyclic) bond motifs is 1. The van der Waals surface area contributed by atoms with Gasteiger partial charge in [-0.15, -0.1) is 12.4 Å². The van der Waals surface area contributed by atoms with Gasteiger partial charge in [-0.3, -0.25) is 19.4 Å². The van der Waals surface area contributed by atoms with Crippen LogP contribution in [0.4, 0.5) is 14.5 Å². The van der Waals surface area contributed by atoms with Crippen LogP contribution in [0, 0.1) is 17.7 Å². The number of rotatable bonds is 6. The summed E-state index contributed by atoms with van der Waals surface area (Å²) in [6.07, 6.45) is -2.00. The molecule has 2 amide bonds. The van der Waals surface area contributed by atoms with E-state index in [2.05, 4.69) is 9.80 Å². The van der Waals surface area contributed by atoms with Crippen LogP contribution in [-0.4, -0.2) is 85.4 Å². The van der Waals surface area contributed by atoms with Crippen molar-refractivity contribution >= 4 is 29.9 Å². The topological polar surface area (TPSA) is 73.3 Å². The molecule has 3 aliphatic rings. The predicted octanol–water partition coefficient (Wildman–Crippen LogP) is 1.86. The first kappa shape index (κ1) is 24.7. The van der Waals surface area contributed by atoms with E-state index in [1.54, 1.807) is 13.2 Å². The molecular formula is C22H30ClF2N3O4. The maximum atomic E-state index is 13.8. The number of ether oxygens (including phenoxy) is 1. The maximum absolute atomic E-state index is 13.8. The second kappa shape index (κ2) is 10.3. The molecule has 32 heavy (non-hydrogen) atoms. The van der Waals surface area contributed by atoms with E-state index in [-0.39, 0.29) is 42.9 Å². The highest BCUT2D eigenvalue weighted by atomic mass is 35.5. The fraction of sp³-hybridized carbons (Fsp3) is 0.636.